The first-order valence-corrected chi connectivity index (χ1v) is 15.9. The van der Waals surface area contributed by atoms with Crippen LogP contribution in [0.3, 0.4) is 0 Å². The van der Waals surface area contributed by atoms with Crippen molar-refractivity contribution in [2.24, 2.45) is 0 Å². The maximum absolute atomic E-state index is 4.60. The predicted molar refractivity (Wildman–Crippen MR) is 192 cm³/mol. The minimum Gasteiger partial charge on any atom is -0.504 e. The normalized spacial score (nSPS) is 12.4. The predicted octanol–water partition coefficient (Wildman–Crippen LogP) is 10.4. The number of rotatable bonds is 5. The quantitative estimate of drug-likeness (QED) is 0.177. The molecule has 0 unspecified atom stereocenters. The van der Waals surface area contributed by atoms with E-state index in [1.54, 1.807) is 0 Å². The van der Waals surface area contributed by atoms with Gasteiger partial charge in [0.25, 0.3) is 0 Å². The molecule has 0 amide bonds. The summed E-state index contributed by atoms with van der Waals surface area (Å²) in [5.41, 5.74) is 10.7. The van der Waals surface area contributed by atoms with Crippen LogP contribution in [0.1, 0.15) is 50.7 Å². The zero-order valence-corrected chi connectivity index (χ0v) is 29.7. The smallest absolute Gasteiger partial charge is 0.504 e. The number of aromatic nitrogens is 3. The van der Waals surface area contributed by atoms with E-state index in [-0.39, 0.29) is 20.1 Å². The fourth-order valence-corrected chi connectivity index (χ4v) is 6.44. The van der Waals surface area contributed by atoms with Gasteiger partial charge in [0, 0.05) is 35.0 Å². The van der Waals surface area contributed by atoms with Crippen LogP contribution in [0.2, 0.25) is 0 Å². The second-order valence-electron chi connectivity index (χ2n) is 12.4. The van der Waals surface area contributed by atoms with Gasteiger partial charge in [-0.2, -0.15) is 24.9 Å². The van der Waals surface area contributed by atoms with E-state index in [0.29, 0.717) is 11.8 Å². The number of nitrogens with one attached hydrogen (secondary N) is 1. The Bertz CT molecular complexity index is 2100. The van der Waals surface area contributed by atoms with E-state index in [1.165, 1.54) is 39.0 Å². The number of H-pyrrole nitrogens is 1. The Morgan fingerprint density at radius 3 is 2.15 bits per heavy atom. The molecule has 0 atom stereocenters. The van der Waals surface area contributed by atoms with Gasteiger partial charge in [0.05, 0.1) is 5.82 Å². The summed E-state index contributed by atoms with van der Waals surface area (Å²) in [4.78, 5) is 12.5. The van der Waals surface area contributed by atoms with Crippen molar-refractivity contribution >= 4 is 38.9 Å². The number of nitrogens with zero attached hydrogens (tertiary/aromatic N) is 4. The average molecular weight is 793 g/mol. The second kappa shape index (κ2) is 13.6. The van der Waals surface area contributed by atoms with Gasteiger partial charge in [-0.25, -0.2) is 0 Å². The molecule has 0 spiro atoms. The van der Waals surface area contributed by atoms with Crippen molar-refractivity contribution in [3.8, 4) is 17.1 Å². The SMILES string of the molecule is CC(C)c1cccc(C(C)C)c1-n1ccnc1-c1[c-]cccc1.CN1[CH-]N(c2[c-]ccc3c2[nH]c2ccccc23)c2ccccc21.[Ir+3]. The number of hydrogen-bond donors (Lipinski definition) is 1. The maximum Gasteiger partial charge on any atom is 3.00 e. The molecule has 1 aliphatic heterocycles. The molecule has 6 heteroatoms. The molecule has 0 radical (unpaired) electrons. The molecule has 5 aromatic carbocycles. The molecule has 236 valence electrons. The minimum atomic E-state index is 0. The molecule has 5 nitrogen and oxygen atoms in total. The molecule has 3 heterocycles. The Labute approximate surface area is 291 Å². The van der Waals surface area contributed by atoms with Crippen LogP contribution in [-0.4, -0.2) is 21.6 Å². The summed E-state index contributed by atoms with van der Waals surface area (Å²) in [7, 11) is 2.07. The number of imidazole rings is 1. The van der Waals surface area contributed by atoms with Crippen LogP contribution in [0.15, 0.2) is 116 Å². The van der Waals surface area contributed by atoms with E-state index < -0.39 is 0 Å². The number of anilines is 3. The fourth-order valence-electron chi connectivity index (χ4n) is 6.44. The third-order valence-electron chi connectivity index (χ3n) is 8.68. The summed E-state index contributed by atoms with van der Waals surface area (Å²) >= 11 is 0. The van der Waals surface area contributed by atoms with Gasteiger partial charge in [-0.15, -0.1) is 41.3 Å². The Kier molecular flexibility index (Phi) is 9.35. The van der Waals surface area contributed by atoms with Crippen molar-refractivity contribution < 1.29 is 20.1 Å². The zero-order chi connectivity index (χ0) is 31.8. The first-order valence-electron chi connectivity index (χ1n) is 15.9. The minimum absolute atomic E-state index is 0. The number of para-hydroxylation sites is 4. The van der Waals surface area contributed by atoms with E-state index in [9.17, 15) is 0 Å². The van der Waals surface area contributed by atoms with Gasteiger partial charge in [0.1, 0.15) is 0 Å². The largest absolute Gasteiger partial charge is 3.00 e. The topological polar surface area (TPSA) is 40.1 Å². The molecule has 8 rings (SSSR count). The van der Waals surface area contributed by atoms with Gasteiger partial charge < -0.3 is 19.4 Å². The molecule has 1 N–H and O–H groups in total. The third-order valence-corrected chi connectivity index (χ3v) is 8.68. The monoisotopic (exact) mass is 793 g/mol. The van der Waals surface area contributed by atoms with Crippen molar-refractivity contribution in [1.82, 2.24) is 14.5 Å². The van der Waals surface area contributed by atoms with Crippen LogP contribution in [-0.2, 0) is 20.1 Å². The van der Waals surface area contributed by atoms with Crippen LogP contribution in [0.4, 0.5) is 17.1 Å². The number of benzene rings is 5. The third kappa shape index (κ3) is 6.00. The Balaban J connectivity index is 0.000000161. The standard InChI is InChI=1S/C21H23N2.C20H15N3.Ir/c1-15(2)18-11-8-12-19(16(3)4)20(18)23-14-13-22-21(23)17-9-6-5-7-10-17;1-22-13-23(18-11-5-4-10-17(18)22)19-12-6-8-15-14-7-2-3-9-16(14)21-20(15)19;/h5-9,11-16H,1-4H3;2-11,13,21H,1H3;/q-1;-2;+3. The molecule has 0 saturated heterocycles. The van der Waals surface area contributed by atoms with Crippen LogP contribution < -0.4 is 9.80 Å². The van der Waals surface area contributed by atoms with Gasteiger partial charge >= 0.3 is 20.1 Å². The van der Waals surface area contributed by atoms with E-state index in [2.05, 4.69) is 163 Å². The van der Waals surface area contributed by atoms with E-state index in [4.69, 9.17) is 0 Å². The van der Waals surface area contributed by atoms with Crippen molar-refractivity contribution in [3.05, 3.63) is 145 Å². The molecular weight excluding hydrogens is 755 g/mol. The van der Waals surface area contributed by atoms with E-state index >= 15 is 0 Å². The summed E-state index contributed by atoms with van der Waals surface area (Å²) in [5.74, 6) is 1.86. The van der Waals surface area contributed by atoms with Gasteiger partial charge in [-0.05, 0) is 59.1 Å². The summed E-state index contributed by atoms with van der Waals surface area (Å²) in [6.07, 6.45) is 3.93. The molecule has 0 aliphatic carbocycles. The summed E-state index contributed by atoms with van der Waals surface area (Å²) in [6.45, 7) is 11.1. The summed E-state index contributed by atoms with van der Waals surface area (Å²) in [5, 5.41) is 2.48. The molecule has 0 bridgehead atoms. The molecule has 0 fully saturated rings. The van der Waals surface area contributed by atoms with Gasteiger partial charge in [0.15, 0.2) is 0 Å². The van der Waals surface area contributed by atoms with E-state index in [0.717, 1.165) is 28.1 Å². The summed E-state index contributed by atoms with van der Waals surface area (Å²) in [6, 6.07) is 42.3. The molecule has 47 heavy (non-hydrogen) atoms. The molecule has 7 aromatic rings. The Morgan fingerprint density at radius 2 is 1.43 bits per heavy atom. The van der Waals surface area contributed by atoms with Crippen LogP contribution >= 0.6 is 0 Å². The van der Waals surface area contributed by atoms with E-state index in [1.807, 2.05) is 30.5 Å². The van der Waals surface area contributed by atoms with Crippen LogP contribution in [0.25, 0.3) is 38.9 Å². The number of fused-ring (bicyclic) bond motifs is 4. The van der Waals surface area contributed by atoms with Crippen molar-refractivity contribution in [2.75, 3.05) is 16.8 Å². The molecule has 0 saturated carbocycles. The average Bonchev–Trinajstić information content (AvgIpc) is 3.81. The summed E-state index contributed by atoms with van der Waals surface area (Å²) < 4.78 is 2.22. The Morgan fingerprint density at radius 1 is 0.723 bits per heavy atom. The Hall–Kier alpha value is -4.64. The molecular formula is C41H38IrN5. The molecule has 2 aromatic heterocycles. The second-order valence-corrected chi connectivity index (χ2v) is 12.4. The van der Waals surface area contributed by atoms with Crippen LogP contribution in [0.5, 0.6) is 0 Å². The van der Waals surface area contributed by atoms with Gasteiger partial charge in [0.2, 0.25) is 0 Å². The maximum atomic E-state index is 4.60. The van der Waals surface area contributed by atoms with Crippen molar-refractivity contribution in [2.45, 2.75) is 39.5 Å². The first kappa shape index (κ1) is 32.3. The fraction of sp³-hybridized carbons (Fsp3) is 0.171. The number of hydrogen-bond acceptors (Lipinski definition) is 3. The van der Waals surface area contributed by atoms with Gasteiger partial charge in [-0.3, -0.25) is 4.98 Å². The number of aromatic amines is 1. The zero-order valence-electron chi connectivity index (χ0n) is 27.3. The molecule has 1 aliphatic rings. The first-order chi connectivity index (χ1) is 22.4. The van der Waals surface area contributed by atoms with Crippen molar-refractivity contribution in [1.29, 1.82) is 0 Å². The van der Waals surface area contributed by atoms with Gasteiger partial charge in [-0.1, -0.05) is 81.9 Å². The van der Waals surface area contributed by atoms with Crippen LogP contribution in [0, 0.1) is 18.8 Å². The van der Waals surface area contributed by atoms with Crippen molar-refractivity contribution in [3.63, 3.8) is 0 Å².